The molecule has 0 saturated heterocycles. The third-order valence-corrected chi connectivity index (χ3v) is 2.73. The average molecular weight is 173 g/mol. The van der Waals surface area contributed by atoms with Gasteiger partial charge in [0.2, 0.25) is 0 Å². The van der Waals surface area contributed by atoms with Gasteiger partial charge in [0.25, 0.3) is 0 Å². The molecule has 0 aromatic heterocycles. The molecule has 0 aliphatic heterocycles. The number of hydrogen-bond acceptors (Lipinski definition) is 2. The van der Waals surface area contributed by atoms with Crippen LogP contribution in [0.2, 0.25) is 0 Å². The van der Waals surface area contributed by atoms with E-state index in [9.17, 15) is 0 Å². The van der Waals surface area contributed by atoms with E-state index in [1.807, 2.05) is 11.8 Å². The molecule has 0 aliphatic carbocycles. The topological polar surface area (TPSA) is 23.9 Å². The number of hydrogen-bond donors (Lipinski definition) is 1. The zero-order valence-corrected chi connectivity index (χ0v) is 8.58. The summed E-state index contributed by atoms with van der Waals surface area (Å²) in [7, 11) is 0. The van der Waals surface area contributed by atoms with Crippen LogP contribution in [0.25, 0.3) is 0 Å². The molecule has 2 heteroatoms. The van der Waals surface area contributed by atoms with Crippen molar-refractivity contribution in [2.75, 3.05) is 5.75 Å². The van der Waals surface area contributed by atoms with Crippen LogP contribution in [0.3, 0.4) is 0 Å². The highest BCUT2D eigenvalue weighted by atomic mass is 32.2. The van der Waals surface area contributed by atoms with Crippen molar-refractivity contribution in [1.29, 1.82) is 5.41 Å². The van der Waals surface area contributed by atoms with Crippen LogP contribution in [-0.2, 0) is 0 Å². The highest BCUT2D eigenvalue weighted by Gasteiger charge is 1.98. The van der Waals surface area contributed by atoms with E-state index < -0.39 is 0 Å². The molecule has 0 aromatic rings. The lowest BCUT2D eigenvalue weighted by Gasteiger charge is -2.05. The van der Waals surface area contributed by atoms with Crippen LogP contribution < -0.4 is 0 Å². The van der Waals surface area contributed by atoms with Gasteiger partial charge in [-0.25, -0.2) is 0 Å². The molecule has 1 nitrogen and oxygen atoms in total. The fourth-order valence-corrected chi connectivity index (χ4v) is 1.61. The Morgan fingerprint density at radius 1 is 1.36 bits per heavy atom. The highest BCUT2D eigenvalue weighted by molar-refractivity contribution is 8.00. The Morgan fingerprint density at radius 3 is 2.45 bits per heavy atom. The van der Waals surface area contributed by atoms with Gasteiger partial charge in [-0.05, 0) is 25.0 Å². The van der Waals surface area contributed by atoms with Crippen LogP contribution in [0, 0.1) is 11.3 Å². The maximum atomic E-state index is 6.98. The van der Waals surface area contributed by atoms with E-state index in [2.05, 4.69) is 20.8 Å². The summed E-state index contributed by atoms with van der Waals surface area (Å²) in [5, 5.41) is 7.39. The van der Waals surface area contributed by atoms with Crippen LogP contribution >= 0.6 is 11.8 Å². The molecule has 66 valence electrons. The van der Waals surface area contributed by atoms with Crippen molar-refractivity contribution in [3.63, 3.8) is 0 Å². The number of nitrogens with one attached hydrogen (secondary N) is 1. The van der Waals surface area contributed by atoms with Crippen molar-refractivity contribution in [3.8, 4) is 0 Å². The minimum absolute atomic E-state index is 0.405. The molecule has 0 saturated carbocycles. The maximum absolute atomic E-state index is 6.98. The summed E-state index contributed by atoms with van der Waals surface area (Å²) in [5.41, 5.74) is 0. The molecule has 0 bridgehead atoms. The first-order chi connectivity index (χ1) is 5.16. The lowest BCUT2D eigenvalue weighted by molar-refractivity contribution is 0.579. The molecule has 0 rings (SSSR count). The Kier molecular flexibility index (Phi) is 6.73. The van der Waals surface area contributed by atoms with Gasteiger partial charge in [-0.2, -0.15) is 11.8 Å². The second-order valence-corrected chi connectivity index (χ2v) is 4.76. The van der Waals surface area contributed by atoms with Crippen LogP contribution in [0.4, 0.5) is 0 Å². The third-order valence-electron chi connectivity index (χ3n) is 1.54. The van der Waals surface area contributed by atoms with Gasteiger partial charge < -0.3 is 5.41 Å². The van der Waals surface area contributed by atoms with Crippen molar-refractivity contribution < 1.29 is 0 Å². The molecule has 0 radical (unpaired) electrons. The Morgan fingerprint density at radius 2 is 2.00 bits per heavy atom. The molecule has 0 fully saturated rings. The van der Waals surface area contributed by atoms with Gasteiger partial charge in [-0.15, -0.1) is 0 Å². The van der Waals surface area contributed by atoms with E-state index in [1.165, 1.54) is 24.8 Å². The molecule has 11 heavy (non-hydrogen) atoms. The largest absolute Gasteiger partial charge is 0.312 e. The fraction of sp³-hybridized carbons (Fsp3) is 0.889. The zero-order valence-electron chi connectivity index (χ0n) is 7.76. The van der Waals surface area contributed by atoms with Crippen molar-refractivity contribution in [2.45, 2.75) is 38.9 Å². The van der Waals surface area contributed by atoms with Gasteiger partial charge in [0.15, 0.2) is 0 Å². The Hall–Kier alpha value is 0.0200. The second kappa shape index (κ2) is 6.71. The summed E-state index contributed by atoms with van der Waals surface area (Å²) < 4.78 is 0. The SMILES string of the molecule is CC(C)CCCSC(C)C=N. The summed E-state index contributed by atoms with van der Waals surface area (Å²) in [6.45, 7) is 6.59. The monoisotopic (exact) mass is 173 g/mol. The lowest BCUT2D eigenvalue weighted by atomic mass is 10.1. The first kappa shape index (κ1) is 11.0. The molecule has 0 spiro atoms. The molecule has 0 heterocycles. The van der Waals surface area contributed by atoms with Gasteiger partial charge in [0.1, 0.15) is 0 Å². The predicted molar refractivity (Wildman–Crippen MR) is 54.8 cm³/mol. The third kappa shape index (κ3) is 7.92. The van der Waals surface area contributed by atoms with Crippen LogP contribution in [-0.4, -0.2) is 17.2 Å². The zero-order chi connectivity index (χ0) is 8.69. The molecule has 0 amide bonds. The average Bonchev–Trinajstić information content (AvgIpc) is 1.97. The quantitative estimate of drug-likeness (QED) is 0.484. The molecule has 1 atom stereocenters. The summed E-state index contributed by atoms with van der Waals surface area (Å²) in [4.78, 5) is 0. The van der Waals surface area contributed by atoms with E-state index in [1.54, 1.807) is 0 Å². The minimum Gasteiger partial charge on any atom is -0.312 e. The number of thioether (sulfide) groups is 1. The summed E-state index contributed by atoms with van der Waals surface area (Å²) >= 11 is 1.88. The lowest BCUT2D eigenvalue weighted by Crippen LogP contribution is -1.98. The van der Waals surface area contributed by atoms with Crippen LogP contribution in [0.1, 0.15) is 33.6 Å². The van der Waals surface area contributed by atoms with Crippen LogP contribution in [0.5, 0.6) is 0 Å². The van der Waals surface area contributed by atoms with Crippen LogP contribution in [0.15, 0.2) is 0 Å². The van der Waals surface area contributed by atoms with Crippen molar-refractivity contribution in [3.05, 3.63) is 0 Å². The van der Waals surface area contributed by atoms with E-state index in [4.69, 9.17) is 5.41 Å². The first-order valence-corrected chi connectivity index (χ1v) is 5.34. The van der Waals surface area contributed by atoms with Gasteiger partial charge in [0.05, 0.1) is 0 Å². The Bertz CT molecular complexity index is 102. The molecule has 1 unspecified atom stereocenters. The standard InChI is InChI=1S/C9H19NS/c1-8(2)5-4-6-11-9(3)7-10/h7-10H,4-6H2,1-3H3. The maximum Gasteiger partial charge on any atom is 0.0365 e. The molecular weight excluding hydrogens is 154 g/mol. The predicted octanol–water partition coefficient (Wildman–Crippen LogP) is 3.19. The van der Waals surface area contributed by atoms with E-state index in [0.717, 1.165) is 5.92 Å². The Balaban J connectivity index is 3.07. The first-order valence-electron chi connectivity index (χ1n) is 4.29. The fourth-order valence-electron chi connectivity index (χ4n) is 0.809. The van der Waals surface area contributed by atoms with E-state index in [-0.39, 0.29) is 0 Å². The normalized spacial score (nSPS) is 13.5. The Labute approximate surface area is 74.5 Å². The van der Waals surface area contributed by atoms with E-state index >= 15 is 0 Å². The minimum atomic E-state index is 0.405. The van der Waals surface area contributed by atoms with E-state index in [0.29, 0.717) is 5.25 Å². The second-order valence-electron chi connectivity index (χ2n) is 3.28. The smallest absolute Gasteiger partial charge is 0.0365 e. The highest BCUT2D eigenvalue weighted by Crippen LogP contribution is 2.13. The summed E-state index contributed by atoms with van der Waals surface area (Å²) in [6, 6.07) is 0. The summed E-state index contributed by atoms with van der Waals surface area (Å²) in [5.74, 6) is 2.03. The van der Waals surface area contributed by atoms with Crippen molar-refractivity contribution in [2.24, 2.45) is 5.92 Å². The summed E-state index contributed by atoms with van der Waals surface area (Å²) in [6.07, 6.45) is 4.12. The van der Waals surface area contributed by atoms with Gasteiger partial charge >= 0.3 is 0 Å². The molecule has 0 aromatic carbocycles. The number of rotatable bonds is 6. The van der Waals surface area contributed by atoms with Crippen molar-refractivity contribution in [1.82, 2.24) is 0 Å². The van der Waals surface area contributed by atoms with Gasteiger partial charge in [-0.1, -0.05) is 20.3 Å². The molecular formula is C9H19NS. The van der Waals surface area contributed by atoms with Gasteiger partial charge in [0, 0.05) is 11.5 Å². The van der Waals surface area contributed by atoms with Gasteiger partial charge in [-0.3, -0.25) is 0 Å². The molecule has 0 aliphatic rings. The molecule has 1 N–H and O–H groups in total. The van der Waals surface area contributed by atoms with Crippen molar-refractivity contribution >= 4 is 18.0 Å².